The van der Waals surface area contributed by atoms with Gasteiger partial charge in [-0.1, -0.05) is 0 Å². The van der Waals surface area contributed by atoms with Crippen molar-refractivity contribution in [1.29, 1.82) is 0 Å². The predicted molar refractivity (Wildman–Crippen MR) is 59.7 cm³/mol. The maximum absolute atomic E-state index is 12.5. The molecule has 17 heavy (non-hydrogen) atoms. The first kappa shape index (κ1) is 11.8. The lowest BCUT2D eigenvalue weighted by atomic mass is 10.1. The molecule has 1 aliphatic rings. The quantitative estimate of drug-likeness (QED) is 0.883. The van der Waals surface area contributed by atoms with Crippen LogP contribution in [0.2, 0.25) is 0 Å². The Bertz CT molecular complexity index is 405. The molecule has 0 unspecified atom stereocenters. The third-order valence-electron chi connectivity index (χ3n) is 3.06. The molecule has 1 aromatic carbocycles. The Morgan fingerprint density at radius 2 is 2.00 bits per heavy atom. The van der Waals surface area contributed by atoms with E-state index < -0.39 is 18.3 Å². The molecule has 92 valence electrons. The van der Waals surface area contributed by atoms with E-state index >= 15 is 0 Å². The van der Waals surface area contributed by atoms with Crippen LogP contribution in [0.4, 0.5) is 14.5 Å². The maximum atomic E-state index is 12.5. The highest BCUT2D eigenvalue weighted by molar-refractivity contribution is 5.88. The fraction of sp³-hybridized carbons (Fsp3) is 0.417. The van der Waals surface area contributed by atoms with E-state index in [1.165, 1.54) is 12.1 Å². The van der Waals surface area contributed by atoms with E-state index in [0.29, 0.717) is 19.5 Å². The highest BCUT2D eigenvalue weighted by Gasteiger charge is 2.29. The lowest BCUT2D eigenvalue weighted by Crippen LogP contribution is -2.21. The Balaban J connectivity index is 2.06. The first-order valence-corrected chi connectivity index (χ1v) is 5.44. The molecule has 0 saturated carbocycles. The van der Waals surface area contributed by atoms with Gasteiger partial charge in [0.2, 0.25) is 6.43 Å². The smallest absolute Gasteiger partial charge is 0.335 e. The third-order valence-corrected chi connectivity index (χ3v) is 3.06. The highest BCUT2D eigenvalue weighted by Crippen LogP contribution is 2.27. The van der Waals surface area contributed by atoms with Gasteiger partial charge in [0.1, 0.15) is 0 Å². The van der Waals surface area contributed by atoms with Crippen molar-refractivity contribution in [3.63, 3.8) is 0 Å². The Hall–Kier alpha value is -1.65. The lowest BCUT2D eigenvalue weighted by Gasteiger charge is -2.18. The zero-order valence-electron chi connectivity index (χ0n) is 9.14. The van der Waals surface area contributed by atoms with Crippen LogP contribution >= 0.6 is 0 Å². The minimum absolute atomic E-state index is 0.207. The van der Waals surface area contributed by atoms with Crippen LogP contribution < -0.4 is 4.90 Å². The number of hydrogen-bond donors (Lipinski definition) is 1. The average Bonchev–Trinajstić information content (AvgIpc) is 2.78. The van der Waals surface area contributed by atoms with Crippen molar-refractivity contribution >= 4 is 11.7 Å². The van der Waals surface area contributed by atoms with Gasteiger partial charge < -0.3 is 10.0 Å². The standard InChI is InChI=1S/C12H13F2NO2/c13-11(14)9-5-6-15(7-9)10-3-1-8(2-4-10)12(16)17/h1-4,9,11H,5-7H2,(H,16,17)/t9-/m1/s1. The van der Waals surface area contributed by atoms with E-state index in [9.17, 15) is 13.6 Å². The van der Waals surface area contributed by atoms with Gasteiger partial charge in [-0.2, -0.15) is 0 Å². The summed E-state index contributed by atoms with van der Waals surface area (Å²) in [5, 5.41) is 8.74. The molecule has 0 aromatic heterocycles. The minimum atomic E-state index is -2.28. The Kier molecular flexibility index (Phi) is 3.26. The Morgan fingerprint density at radius 3 is 2.47 bits per heavy atom. The number of carboxylic acid groups (broad SMARTS) is 1. The van der Waals surface area contributed by atoms with E-state index in [0.717, 1.165) is 5.69 Å². The normalized spacial score (nSPS) is 19.9. The monoisotopic (exact) mass is 241 g/mol. The van der Waals surface area contributed by atoms with Gasteiger partial charge in [-0.15, -0.1) is 0 Å². The number of anilines is 1. The lowest BCUT2D eigenvalue weighted by molar-refractivity contribution is 0.0696. The number of hydrogen-bond acceptors (Lipinski definition) is 2. The summed E-state index contributed by atoms with van der Waals surface area (Å²) in [6.45, 7) is 0.936. The summed E-state index contributed by atoms with van der Waals surface area (Å²) in [7, 11) is 0. The van der Waals surface area contributed by atoms with Gasteiger partial charge in [0.05, 0.1) is 5.56 Å². The van der Waals surface area contributed by atoms with Gasteiger partial charge in [-0.05, 0) is 30.7 Å². The molecule has 1 heterocycles. The largest absolute Gasteiger partial charge is 0.478 e. The fourth-order valence-corrected chi connectivity index (χ4v) is 2.04. The van der Waals surface area contributed by atoms with Crippen LogP contribution in [0.1, 0.15) is 16.8 Å². The molecule has 1 aromatic rings. The number of rotatable bonds is 3. The summed E-state index contributed by atoms with van der Waals surface area (Å²) in [6, 6.07) is 6.31. The molecule has 0 amide bonds. The van der Waals surface area contributed by atoms with Crippen LogP contribution in [0.25, 0.3) is 0 Å². The average molecular weight is 241 g/mol. The fourth-order valence-electron chi connectivity index (χ4n) is 2.04. The first-order chi connectivity index (χ1) is 8.08. The number of carboxylic acids is 1. The zero-order valence-corrected chi connectivity index (χ0v) is 9.14. The van der Waals surface area contributed by atoms with Gasteiger partial charge in [-0.25, -0.2) is 13.6 Å². The van der Waals surface area contributed by atoms with Crippen molar-refractivity contribution in [1.82, 2.24) is 0 Å². The molecule has 1 fully saturated rings. The van der Waals surface area contributed by atoms with Crippen molar-refractivity contribution < 1.29 is 18.7 Å². The van der Waals surface area contributed by atoms with E-state index in [2.05, 4.69) is 0 Å². The molecule has 0 spiro atoms. The first-order valence-electron chi connectivity index (χ1n) is 5.44. The maximum Gasteiger partial charge on any atom is 0.335 e. The summed E-state index contributed by atoms with van der Waals surface area (Å²) in [4.78, 5) is 12.5. The van der Waals surface area contributed by atoms with E-state index in [-0.39, 0.29) is 5.56 Å². The van der Waals surface area contributed by atoms with Crippen LogP contribution in [0, 0.1) is 5.92 Å². The molecule has 1 N–H and O–H groups in total. The van der Waals surface area contributed by atoms with Crippen molar-refractivity contribution in [2.24, 2.45) is 5.92 Å². The van der Waals surface area contributed by atoms with Crippen LogP contribution in [-0.2, 0) is 0 Å². The van der Waals surface area contributed by atoms with Gasteiger partial charge in [0.25, 0.3) is 0 Å². The van der Waals surface area contributed by atoms with E-state index in [4.69, 9.17) is 5.11 Å². The number of halogens is 2. The molecule has 3 nitrogen and oxygen atoms in total. The zero-order chi connectivity index (χ0) is 12.4. The molecular weight excluding hydrogens is 228 g/mol. The summed E-state index contributed by atoms with van der Waals surface area (Å²) < 4.78 is 25.0. The van der Waals surface area contributed by atoms with Crippen LogP contribution in [0.15, 0.2) is 24.3 Å². The molecule has 1 aliphatic heterocycles. The second-order valence-corrected chi connectivity index (χ2v) is 4.18. The third kappa shape index (κ3) is 2.54. The molecule has 2 rings (SSSR count). The van der Waals surface area contributed by atoms with Crippen LogP contribution in [0.3, 0.4) is 0 Å². The SMILES string of the molecule is O=C(O)c1ccc(N2CC[C@@H](C(F)F)C2)cc1. The summed E-state index contributed by atoms with van der Waals surface area (Å²) in [6.07, 6.45) is -1.79. The van der Waals surface area contributed by atoms with Gasteiger partial charge in [0.15, 0.2) is 0 Å². The highest BCUT2D eigenvalue weighted by atomic mass is 19.3. The number of alkyl halides is 2. The molecular formula is C12H13F2NO2. The van der Waals surface area contributed by atoms with Crippen molar-refractivity contribution in [3.05, 3.63) is 29.8 Å². The molecule has 0 radical (unpaired) electrons. The van der Waals surface area contributed by atoms with Gasteiger partial charge >= 0.3 is 5.97 Å². The van der Waals surface area contributed by atoms with Gasteiger partial charge in [-0.3, -0.25) is 0 Å². The van der Waals surface area contributed by atoms with Crippen molar-refractivity contribution in [2.45, 2.75) is 12.8 Å². The second-order valence-electron chi connectivity index (χ2n) is 4.18. The molecule has 0 bridgehead atoms. The van der Waals surface area contributed by atoms with Crippen LogP contribution in [0.5, 0.6) is 0 Å². The Morgan fingerprint density at radius 1 is 1.35 bits per heavy atom. The predicted octanol–water partition coefficient (Wildman–Crippen LogP) is 2.48. The summed E-state index contributed by atoms with van der Waals surface area (Å²) in [5.41, 5.74) is 1.01. The van der Waals surface area contributed by atoms with E-state index in [1.807, 2.05) is 4.90 Å². The number of benzene rings is 1. The van der Waals surface area contributed by atoms with Crippen molar-refractivity contribution in [2.75, 3.05) is 18.0 Å². The summed E-state index contributed by atoms with van der Waals surface area (Å²) in [5.74, 6) is -1.56. The molecule has 1 saturated heterocycles. The summed E-state index contributed by atoms with van der Waals surface area (Å²) >= 11 is 0. The number of nitrogens with zero attached hydrogens (tertiary/aromatic N) is 1. The minimum Gasteiger partial charge on any atom is -0.478 e. The van der Waals surface area contributed by atoms with Gasteiger partial charge in [0, 0.05) is 24.7 Å². The molecule has 1 atom stereocenters. The number of carbonyl (C=O) groups is 1. The molecule has 5 heteroatoms. The Labute approximate surface area is 97.7 Å². The number of aromatic carboxylic acids is 1. The van der Waals surface area contributed by atoms with E-state index in [1.54, 1.807) is 12.1 Å². The second kappa shape index (κ2) is 4.69. The van der Waals surface area contributed by atoms with Crippen LogP contribution in [-0.4, -0.2) is 30.6 Å². The topological polar surface area (TPSA) is 40.5 Å². The molecule has 0 aliphatic carbocycles. The van der Waals surface area contributed by atoms with Crippen molar-refractivity contribution in [3.8, 4) is 0 Å².